The first-order valence-corrected chi connectivity index (χ1v) is 8.69. The van der Waals surface area contributed by atoms with Gasteiger partial charge >= 0.3 is 0 Å². The summed E-state index contributed by atoms with van der Waals surface area (Å²) in [6.45, 7) is 5.69. The Hall–Kier alpha value is -2.57. The van der Waals surface area contributed by atoms with Gasteiger partial charge in [-0.05, 0) is 31.0 Å². The predicted molar refractivity (Wildman–Crippen MR) is 91.9 cm³/mol. The number of amides is 2. The molecule has 2 aromatic rings. The number of likely N-dealkylation sites (tertiary alicyclic amines) is 1. The summed E-state index contributed by atoms with van der Waals surface area (Å²) in [5.41, 5.74) is 1.34. The van der Waals surface area contributed by atoms with Crippen LogP contribution in [0.4, 0.5) is 0 Å². The van der Waals surface area contributed by atoms with Crippen molar-refractivity contribution in [1.29, 1.82) is 0 Å². The summed E-state index contributed by atoms with van der Waals surface area (Å²) in [4.78, 5) is 26.1. The molecule has 0 radical (unpaired) electrons. The van der Waals surface area contributed by atoms with Crippen molar-refractivity contribution in [3.8, 4) is 0 Å². The van der Waals surface area contributed by atoms with Crippen LogP contribution in [0.1, 0.15) is 54.5 Å². The van der Waals surface area contributed by atoms with Crippen LogP contribution in [0.15, 0.2) is 28.9 Å². The van der Waals surface area contributed by atoms with Gasteiger partial charge in [-0.3, -0.25) is 14.7 Å². The molecule has 0 spiro atoms. The zero-order valence-electron chi connectivity index (χ0n) is 14.6. The van der Waals surface area contributed by atoms with E-state index in [0.717, 1.165) is 31.6 Å². The van der Waals surface area contributed by atoms with E-state index in [2.05, 4.69) is 15.5 Å². The highest BCUT2D eigenvalue weighted by Crippen LogP contribution is 2.27. The molecular weight excluding hydrogens is 320 g/mol. The molecule has 0 atom stereocenters. The van der Waals surface area contributed by atoms with Gasteiger partial charge in [-0.1, -0.05) is 13.8 Å². The quantitative estimate of drug-likeness (QED) is 0.870. The Morgan fingerprint density at radius 1 is 1.40 bits per heavy atom. The SMILES string of the molecule is CC(C)C(=O)N1CCC(c2cc(C(=O)NCc3ccco3)n[nH]2)CC1. The van der Waals surface area contributed by atoms with Crippen LogP contribution in [-0.4, -0.2) is 40.0 Å². The van der Waals surface area contributed by atoms with Crippen molar-refractivity contribution in [2.24, 2.45) is 5.92 Å². The summed E-state index contributed by atoms with van der Waals surface area (Å²) in [7, 11) is 0. The number of hydrogen-bond donors (Lipinski definition) is 2. The Morgan fingerprint density at radius 3 is 2.80 bits per heavy atom. The first kappa shape index (κ1) is 17.3. The lowest BCUT2D eigenvalue weighted by atomic mass is 9.93. The average molecular weight is 344 g/mol. The van der Waals surface area contributed by atoms with Gasteiger partial charge in [0.05, 0.1) is 12.8 Å². The third-order valence-corrected chi connectivity index (χ3v) is 4.57. The van der Waals surface area contributed by atoms with Crippen molar-refractivity contribution in [3.05, 3.63) is 41.6 Å². The van der Waals surface area contributed by atoms with Gasteiger partial charge in [0.25, 0.3) is 5.91 Å². The number of aromatic amines is 1. The molecule has 25 heavy (non-hydrogen) atoms. The standard InChI is InChI=1S/C18H24N4O3/c1-12(2)18(24)22-7-5-13(6-8-22)15-10-16(21-20-15)17(23)19-11-14-4-3-9-25-14/h3-4,9-10,12-13H,5-8,11H2,1-2H3,(H,19,23)(H,20,21). The molecule has 2 aromatic heterocycles. The Kier molecular flexibility index (Phi) is 5.21. The molecule has 134 valence electrons. The van der Waals surface area contributed by atoms with Gasteiger partial charge in [0.1, 0.15) is 11.5 Å². The summed E-state index contributed by atoms with van der Waals surface area (Å²) in [6, 6.07) is 5.40. The van der Waals surface area contributed by atoms with Crippen molar-refractivity contribution in [3.63, 3.8) is 0 Å². The number of aromatic nitrogens is 2. The van der Waals surface area contributed by atoms with Crippen LogP contribution in [0.25, 0.3) is 0 Å². The van der Waals surface area contributed by atoms with Crippen LogP contribution in [0, 0.1) is 5.92 Å². The topological polar surface area (TPSA) is 91.2 Å². The van der Waals surface area contributed by atoms with Gasteiger partial charge in [-0.25, -0.2) is 0 Å². The number of carbonyl (C=O) groups is 2. The molecule has 2 amide bonds. The van der Waals surface area contributed by atoms with E-state index >= 15 is 0 Å². The second kappa shape index (κ2) is 7.55. The van der Waals surface area contributed by atoms with Crippen LogP contribution < -0.4 is 5.32 Å². The Labute approximate surface area is 146 Å². The smallest absolute Gasteiger partial charge is 0.272 e. The number of H-pyrrole nitrogens is 1. The minimum Gasteiger partial charge on any atom is -0.467 e. The number of hydrogen-bond acceptors (Lipinski definition) is 4. The molecule has 7 nitrogen and oxygen atoms in total. The third kappa shape index (κ3) is 4.10. The van der Waals surface area contributed by atoms with Gasteiger partial charge < -0.3 is 14.6 Å². The second-order valence-electron chi connectivity index (χ2n) is 6.72. The fourth-order valence-corrected chi connectivity index (χ4v) is 3.11. The zero-order chi connectivity index (χ0) is 17.8. The zero-order valence-corrected chi connectivity index (χ0v) is 14.6. The molecule has 7 heteroatoms. The fraction of sp³-hybridized carbons (Fsp3) is 0.500. The molecule has 3 heterocycles. The number of rotatable bonds is 5. The number of nitrogens with zero attached hydrogens (tertiary/aromatic N) is 2. The molecule has 1 fully saturated rings. The number of carbonyl (C=O) groups excluding carboxylic acids is 2. The van der Waals surface area contributed by atoms with Crippen molar-refractivity contribution in [2.45, 2.75) is 39.2 Å². The van der Waals surface area contributed by atoms with E-state index in [1.807, 2.05) is 30.9 Å². The van der Waals surface area contributed by atoms with Crippen molar-refractivity contribution in [2.75, 3.05) is 13.1 Å². The molecule has 2 N–H and O–H groups in total. The number of piperidine rings is 1. The molecular formula is C18H24N4O3. The van der Waals surface area contributed by atoms with Crippen LogP contribution in [-0.2, 0) is 11.3 Å². The van der Waals surface area contributed by atoms with E-state index < -0.39 is 0 Å². The Balaban J connectivity index is 1.53. The predicted octanol–water partition coefficient (Wildman–Crippen LogP) is 2.29. The normalized spacial score (nSPS) is 15.6. The van der Waals surface area contributed by atoms with Crippen LogP contribution in [0.3, 0.4) is 0 Å². The van der Waals surface area contributed by atoms with Crippen molar-refractivity contribution < 1.29 is 14.0 Å². The van der Waals surface area contributed by atoms with E-state index in [9.17, 15) is 9.59 Å². The fourth-order valence-electron chi connectivity index (χ4n) is 3.11. The summed E-state index contributed by atoms with van der Waals surface area (Å²) in [5, 5.41) is 9.89. The minimum atomic E-state index is -0.230. The van der Waals surface area contributed by atoms with E-state index in [0.29, 0.717) is 23.9 Å². The lowest BCUT2D eigenvalue weighted by molar-refractivity contribution is -0.135. The summed E-state index contributed by atoms with van der Waals surface area (Å²) >= 11 is 0. The molecule has 0 saturated carbocycles. The lowest BCUT2D eigenvalue weighted by Crippen LogP contribution is -2.40. The van der Waals surface area contributed by atoms with Crippen LogP contribution >= 0.6 is 0 Å². The average Bonchev–Trinajstić information content (AvgIpc) is 3.31. The third-order valence-electron chi connectivity index (χ3n) is 4.57. The molecule has 0 aromatic carbocycles. The van der Waals surface area contributed by atoms with Crippen LogP contribution in [0.2, 0.25) is 0 Å². The van der Waals surface area contributed by atoms with Gasteiger partial charge in [0.15, 0.2) is 0 Å². The maximum atomic E-state index is 12.2. The molecule has 0 aliphatic carbocycles. The van der Waals surface area contributed by atoms with Gasteiger partial charge in [0, 0.05) is 30.6 Å². The van der Waals surface area contributed by atoms with E-state index in [-0.39, 0.29) is 17.7 Å². The lowest BCUT2D eigenvalue weighted by Gasteiger charge is -2.32. The van der Waals surface area contributed by atoms with E-state index in [4.69, 9.17) is 4.42 Å². The molecule has 3 rings (SSSR count). The second-order valence-corrected chi connectivity index (χ2v) is 6.72. The van der Waals surface area contributed by atoms with E-state index in [1.54, 1.807) is 12.3 Å². The van der Waals surface area contributed by atoms with Gasteiger partial charge in [0.2, 0.25) is 5.91 Å². The van der Waals surface area contributed by atoms with Crippen LogP contribution in [0.5, 0.6) is 0 Å². The number of furan rings is 1. The van der Waals surface area contributed by atoms with Gasteiger partial charge in [-0.2, -0.15) is 5.10 Å². The highest BCUT2D eigenvalue weighted by Gasteiger charge is 2.26. The monoisotopic (exact) mass is 344 g/mol. The maximum Gasteiger partial charge on any atom is 0.272 e. The summed E-state index contributed by atoms with van der Waals surface area (Å²) < 4.78 is 5.19. The molecule has 0 bridgehead atoms. The van der Waals surface area contributed by atoms with E-state index in [1.165, 1.54) is 0 Å². The summed E-state index contributed by atoms with van der Waals surface area (Å²) in [6.07, 6.45) is 3.34. The molecule has 1 aliphatic heterocycles. The highest BCUT2D eigenvalue weighted by atomic mass is 16.3. The molecule has 1 saturated heterocycles. The highest BCUT2D eigenvalue weighted by molar-refractivity contribution is 5.92. The van der Waals surface area contributed by atoms with Crippen molar-refractivity contribution >= 4 is 11.8 Å². The molecule has 0 unspecified atom stereocenters. The summed E-state index contributed by atoms with van der Waals surface area (Å²) in [5.74, 6) is 1.02. The largest absolute Gasteiger partial charge is 0.467 e. The Bertz CT molecular complexity index is 713. The van der Waals surface area contributed by atoms with Gasteiger partial charge in [-0.15, -0.1) is 0 Å². The minimum absolute atomic E-state index is 0.0353. The molecule has 1 aliphatic rings. The maximum absolute atomic E-state index is 12.2. The Morgan fingerprint density at radius 2 is 2.16 bits per heavy atom. The number of nitrogens with one attached hydrogen (secondary N) is 2. The first-order valence-electron chi connectivity index (χ1n) is 8.69. The van der Waals surface area contributed by atoms with Crippen molar-refractivity contribution in [1.82, 2.24) is 20.4 Å². The first-order chi connectivity index (χ1) is 12.0.